The van der Waals surface area contributed by atoms with Crippen LogP contribution in [0.15, 0.2) is 34.7 Å². The Labute approximate surface area is 131 Å². The highest BCUT2D eigenvalue weighted by Gasteiger charge is 2.12. The molecule has 0 N–H and O–H groups in total. The first-order valence-corrected chi connectivity index (χ1v) is 7.22. The van der Waals surface area contributed by atoms with Crippen molar-refractivity contribution in [3.05, 3.63) is 46.3 Å². The number of aromatic nitrogens is 2. The molecule has 21 heavy (non-hydrogen) atoms. The largest absolute Gasteiger partial charge is 0.453 e. The molecule has 0 saturated carbocycles. The van der Waals surface area contributed by atoms with Crippen LogP contribution < -0.4 is 0 Å². The predicted octanol–water partition coefficient (Wildman–Crippen LogP) is 4.73. The molecule has 2 aromatic heterocycles. The Bertz CT molecular complexity index is 786. The van der Waals surface area contributed by atoms with Crippen LogP contribution in [0.4, 0.5) is 0 Å². The van der Waals surface area contributed by atoms with E-state index in [2.05, 4.69) is 9.97 Å². The van der Waals surface area contributed by atoms with Crippen molar-refractivity contribution in [2.45, 2.75) is 13.5 Å². The van der Waals surface area contributed by atoms with Gasteiger partial charge in [-0.2, -0.15) is 0 Å². The molecule has 0 aliphatic heterocycles. The molecule has 0 unspecified atom stereocenters. The molecular formula is C15H12Cl2N2O2. The monoisotopic (exact) mass is 322 g/mol. The van der Waals surface area contributed by atoms with Crippen molar-refractivity contribution in [3.8, 4) is 11.5 Å². The van der Waals surface area contributed by atoms with Gasteiger partial charge in [-0.1, -0.05) is 35.3 Å². The summed E-state index contributed by atoms with van der Waals surface area (Å²) in [7, 11) is 0. The van der Waals surface area contributed by atoms with Crippen LogP contribution in [0, 0.1) is 0 Å². The molecule has 108 valence electrons. The number of para-hydroxylation sites is 1. The SMILES string of the molecule is CCOCc1nc(Cl)cc(-c2cc3cccc(Cl)c3o2)n1. The number of hydrogen-bond donors (Lipinski definition) is 0. The summed E-state index contributed by atoms with van der Waals surface area (Å²) >= 11 is 12.2. The molecule has 6 heteroatoms. The van der Waals surface area contributed by atoms with Crippen molar-refractivity contribution >= 4 is 34.2 Å². The lowest BCUT2D eigenvalue weighted by Crippen LogP contribution is -2.00. The molecule has 0 radical (unpaired) electrons. The standard InChI is InChI=1S/C15H12Cl2N2O2/c1-2-20-8-14-18-11(7-13(17)19-14)12-6-9-4-3-5-10(16)15(9)21-12/h3-7H,2,8H2,1H3. The summed E-state index contributed by atoms with van der Waals surface area (Å²) in [4.78, 5) is 8.54. The lowest BCUT2D eigenvalue weighted by molar-refractivity contribution is 0.128. The molecule has 0 spiro atoms. The third-order valence-electron chi connectivity index (χ3n) is 2.92. The molecule has 0 saturated heterocycles. The van der Waals surface area contributed by atoms with Crippen molar-refractivity contribution < 1.29 is 9.15 Å². The highest BCUT2D eigenvalue weighted by Crippen LogP contribution is 2.31. The van der Waals surface area contributed by atoms with Crippen LogP contribution in [0.2, 0.25) is 10.2 Å². The molecule has 0 aliphatic carbocycles. The van der Waals surface area contributed by atoms with Crippen LogP contribution in [0.25, 0.3) is 22.4 Å². The summed E-state index contributed by atoms with van der Waals surface area (Å²) in [5, 5.41) is 1.83. The maximum absolute atomic E-state index is 6.12. The van der Waals surface area contributed by atoms with E-state index in [1.807, 2.05) is 25.1 Å². The number of ether oxygens (including phenoxy) is 1. The van der Waals surface area contributed by atoms with E-state index in [9.17, 15) is 0 Å². The van der Waals surface area contributed by atoms with Gasteiger partial charge in [0.2, 0.25) is 0 Å². The minimum Gasteiger partial charge on any atom is -0.453 e. The minimum absolute atomic E-state index is 0.311. The van der Waals surface area contributed by atoms with Gasteiger partial charge >= 0.3 is 0 Å². The fraction of sp³-hybridized carbons (Fsp3) is 0.200. The zero-order valence-electron chi connectivity index (χ0n) is 11.3. The van der Waals surface area contributed by atoms with Gasteiger partial charge in [-0.3, -0.25) is 0 Å². The molecule has 2 heterocycles. The van der Waals surface area contributed by atoms with Gasteiger partial charge in [0.1, 0.15) is 17.5 Å². The van der Waals surface area contributed by atoms with Crippen LogP contribution in [-0.2, 0) is 11.3 Å². The van der Waals surface area contributed by atoms with E-state index in [1.54, 1.807) is 12.1 Å². The predicted molar refractivity (Wildman–Crippen MR) is 82.6 cm³/mol. The number of halogens is 2. The Morgan fingerprint density at radius 3 is 2.81 bits per heavy atom. The first-order valence-electron chi connectivity index (χ1n) is 6.47. The van der Waals surface area contributed by atoms with Crippen LogP contribution in [-0.4, -0.2) is 16.6 Å². The summed E-state index contributed by atoms with van der Waals surface area (Å²) in [5.74, 6) is 1.12. The summed E-state index contributed by atoms with van der Waals surface area (Å²) in [6.45, 7) is 2.81. The van der Waals surface area contributed by atoms with Gasteiger partial charge in [-0.15, -0.1) is 0 Å². The van der Waals surface area contributed by atoms with E-state index in [0.29, 0.717) is 46.3 Å². The zero-order valence-corrected chi connectivity index (χ0v) is 12.8. The average Bonchev–Trinajstić information content (AvgIpc) is 2.90. The second-order valence-electron chi connectivity index (χ2n) is 4.40. The van der Waals surface area contributed by atoms with Gasteiger partial charge in [0.05, 0.1) is 5.02 Å². The maximum atomic E-state index is 6.12. The molecule has 0 aliphatic rings. The summed E-state index contributed by atoms with van der Waals surface area (Å²) < 4.78 is 11.1. The number of furan rings is 1. The average molecular weight is 323 g/mol. The third-order valence-corrected chi connectivity index (χ3v) is 3.42. The van der Waals surface area contributed by atoms with Crippen LogP contribution in [0.5, 0.6) is 0 Å². The molecule has 1 aromatic carbocycles. The Morgan fingerprint density at radius 1 is 1.19 bits per heavy atom. The zero-order chi connectivity index (χ0) is 14.8. The Kier molecular flexibility index (Phi) is 4.10. The highest BCUT2D eigenvalue weighted by atomic mass is 35.5. The van der Waals surface area contributed by atoms with Gasteiger partial charge in [-0.25, -0.2) is 9.97 Å². The second kappa shape index (κ2) is 6.02. The number of nitrogens with zero attached hydrogens (tertiary/aromatic N) is 2. The highest BCUT2D eigenvalue weighted by molar-refractivity contribution is 6.34. The van der Waals surface area contributed by atoms with Gasteiger partial charge in [0.15, 0.2) is 17.2 Å². The van der Waals surface area contributed by atoms with Crippen LogP contribution in [0.1, 0.15) is 12.7 Å². The van der Waals surface area contributed by atoms with Gasteiger partial charge in [-0.05, 0) is 19.1 Å². The van der Waals surface area contributed by atoms with Gasteiger partial charge in [0.25, 0.3) is 0 Å². The lowest BCUT2D eigenvalue weighted by atomic mass is 10.2. The summed E-state index contributed by atoms with van der Waals surface area (Å²) in [6.07, 6.45) is 0. The first kappa shape index (κ1) is 14.3. The van der Waals surface area contributed by atoms with Gasteiger partial charge in [0, 0.05) is 18.1 Å². The van der Waals surface area contributed by atoms with Crippen molar-refractivity contribution in [1.82, 2.24) is 9.97 Å². The Morgan fingerprint density at radius 2 is 2.05 bits per heavy atom. The van der Waals surface area contributed by atoms with Crippen LogP contribution >= 0.6 is 23.2 Å². The number of benzene rings is 1. The van der Waals surface area contributed by atoms with E-state index >= 15 is 0 Å². The Balaban J connectivity index is 2.05. The van der Waals surface area contributed by atoms with Crippen molar-refractivity contribution in [3.63, 3.8) is 0 Å². The number of fused-ring (bicyclic) bond motifs is 1. The first-order chi connectivity index (χ1) is 10.2. The van der Waals surface area contributed by atoms with E-state index < -0.39 is 0 Å². The van der Waals surface area contributed by atoms with Gasteiger partial charge < -0.3 is 9.15 Å². The quantitative estimate of drug-likeness (QED) is 0.651. The normalized spacial score (nSPS) is 11.2. The lowest BCUT2D eigenvalue weighted by Gasteiger charge is -2.03. The fourth-order valence-electron chi connectivity index (χ4n) is 2.00. The topological polar surface area (TPSA) is 48.2 Å². The second-order valence-corrected chi connectivity index (χ2v) is 5.19. The van der Waals surface area contributed by atoms with E-state index in [-0.39, 0.29) is 0 Å². The Hall–Kier alpha value is -1.62. The maximum Gasteiger partial charge on any atom is 0.156 e. The van der Waals surface area contributed by atoms with Crippen molar-refractivity contribution in [2.75, 3.05) is 6.61 Å². The molecule has 0 amide bonds. The molecule has 0 bridgehead atoms. The number of hydrogen-bond acceptors (Lipinski definition) is 4. The molecule has 0 atom stereocenters. The fourth-order valence-corrected chi connectivity index (χ4v) is 2.42. The van der Waals surface area contributed by atoms with Crippen molar-refractivity contribution in [2.24, 2.45) is 0 Å². The smallest absolute Gasteiger partial charge is 0.156 e. The molecule has 3 aromatic rings. The number of rotatable bonds is 4. The molecule has 4 nitrogen and oxygen atoms in total. The van der Waals surface area contributed by atoms with Crippen LogP contribution in [0.3, 0.4) is 0 Å². The van der Waals surface area contributed by atoms with E-state index in [1.165, 1.54) is 0 Å². The summed E-state index contributed by atoms with van der Waals surface area (Å²) in [6, 6.07) is 9.12. The molecule has 3 rings (SSSR count). The molecular weight excluding hydrogens is 311 g/mol. The third kappa shape index (κ3) is 3.02. The minimum atomic E-state index is 0.311. The van der Waals surface area contributed by atoms with Crippen molar-refractivity contribution in [1.29, 1.82) is 0 Å². The molecule has 0 fully saturated rings. The van der Waals surface area contributed by atoms with E-state index in [4.69, 9.17) is 32.4 Å². The summed E-state index contributed by atoms with van der Waals surface area (Å²) in [5.41, 5.74) is 1.24. The van der Waals surface area contributed by atoms with E-state index in [0.717, 1.165) is 5.39 Å².